The van der Waals surface area contributed by atoms with Crippen LogP contribution in [0.25, 0.3) is 0 Å². The van der Waals surface area contributed by atoms with Crippen LogP contribution in [0.3, 0.4) is 0 Å². The van der Waals surface area contributed by atoms with E-state index in [-0.39, 0.29) is 11.5 Å². The Morgan fingerprint density at radius 2 is 1.42 bits per heavy atom. The first-order valence-electron chi connectivity index (χ1n) is 7.67. The van der Waals surface area contributed by atoms with Crippen LogP contribution in [0.1, 0.15) is 69.4 Å². The summed E-state index contributed by atoms with van der Waals surface area (Å²) in [6, 6.07) is 3.51. The summed E-state index contributed by atoms with van der Waals surface area (Å²) in [7, 11) is 0. The van der Waals surface area contributed by atoms with Crippen molar-refractivity contribution in [2.45, 2.75) is 71.6 Å². The Hall–Kier alpha value is -1.18. The van der Waals surface area contributed by atoms with Crippen LogP contribution in [0.5, 0.6) is 11.5 Å². The van der Waals surface area contributed by atoms with Crippen LogP contribution in [0, 0.1) is 6.92 Å². The van der Waals surface area contributed by atoms with Crippen LogP contribution < -0.4 is 0 Å². The highest BCUT2D eigenvalue weighted by Crippen LogP contribution is 2.30. The van der Waals surface area contributed by atoms with E-state index in [9.17, 15) is 10.2 Å². The van der Waals surface area contributed by atoms with E-state index in [1.54, 1.807) is 13.0 Å². The van der Waals surface area contributed by atoms with E-state index >= 15 is 0 Å². The lowest BCUT2D eigenvalue weighted by molar-refractivity contribution is 0.437. The fourth-order valence-corrected chi connectivity index (χ4v) is 2.40. The number of hydrogen-bond donors (Lipinski definition) is 2. The predicted molar refractivity (Wildman–Crippen MR) is 80.8 cm³/mol. The molecule has 0 atom stereocenters. The number of phenolic OH excluding ortho intramolecular Hbond substituents is 2. The van der Waals surface area contributed by atoms with Gasteiger partial charge in [0.25, 0.3) is 0 Å². The number of aromatic hydroxyl groups is 2. The van der Waals surface area contributed by atoms with E-state index < -0.39 is 0 Å². The van der Waals surface area contributed by atoms with Gasteiger partial charge in [-0.3, -0.25) is 0 Å². The fraction of sp³-hybridized carbons (Fsp3) is 0.647. The molecule has 0 radical (unpaired) electrons. The first-order valence-corrected chi connectivity index (χ1v) is 7.67. The Labute approximate surface area is 117 Å². The highest BCUT2D eigenvalue weighted by molar-refractivity contribution is 5.47. The Balaban J connectivity index is 2.18. The number of aryl methyl sites for hydroxylation is 1. The molecule has 0 saturated carbocycles. The van der Waals surface area contributed by atoms with Gasteiger partial charge < -0.3 is 10.2 Å². The predicted octanol–water partition coefficient (Wildman–Crippen LogP) is 5.09. The molecule has 0 heterocycles. The van der Waals surface area contributed by atoms with Crippen molar-refractivity contribution in [3.8, 4) is 11.5 Å². The van der Waals surface area contributed by atoms with Crippen LogP contribution in [-0.4, -0.2) is 10.2 Å². The highest BCUT2D eigenvalue weighted by Gasteiger charge is 2.07. The Morgan fingerprint density at radius 1 is 0.842 bits per heavy atom. The molecular weight excluding hydrogens is 236 g/mol. The van der Waals surface area contributed by atoms with Crippen LogP contribution >= 0.6 is 0 Å². The minimum absolute atomic E-state index is 0.178. The molecule has 0 amide bonds. The molecule has 0 bridgehead atoms. The quantitative estimate of drug-likeness (QED) is 0.610. The van der Waals surface area contributed by atoms with Crippen molar-refractivity contribution in [1.82, 2.24) is 0 Å². The zero-order chi connectivity index (χ0) is 14.1. The molecule has 0 saturated heterocycles. The zero-order valence-corrected chi connectivity index (χ0v) is 12.4. The van der Waals surface area contributed by atoms with Crippen LogP contribution in [0.4, 0.5) is 0 Å². The second-order valence-electron chi connectivity index (χ2n) is 5.44. The second-order valence-corrected chi connectivity index (χ2v) is 5.44. The second kappa shape index (κ2) is 8.84. The van der Waals surface area contributed by atoms with Crippen LogP contribution in [0.15, 0.2) is 12.1 Å². The van der Waals surface area contributed by atoms with Crippen molar-refractivity contribution in [1.29, 1.82) is 0 Å². The summed E-state index contributed by atoms with van der Waals surface area (Å²) in [6.07, 6.45) is 11.3. The number of hydrogen-bond acceptors (Lipinski definition) is 2. The van der Waals surface area contributed by atoms with Gasteiger partial charge in [0.15, 0.2) is 0 Å². The summed E-state index contributed by atoms with van der Waals surface area (Å²) in [6.45, 7) is 3.99. The van der Waals surface area contributed by atoms with E-state index in [1.807, 2.05) is 6.07 Å². The molecule has 108 valence electrons. The third kappa shape index (κ3) is 5.54. The van der Waals surface area contributed by atoms with Crippen molar-refractivity contribution < 1.29 is 10.2 Å². The van der Waals surface area contributed by atoms with Crippen molar-refractivity contribution in [3.63, 3.8) is 0 Å². The van der Waals surface area contributed by atoms with Gasteiger partial charge >= 0.3 is 0 Å². The van der Waals surface area contributed by atoms with Gasteiger partial charge in [-0.25, -0.2) is 0 Å². The molecule has 2 heteroatoms. The molecule has 0 aliphatic carbocycles. The van der Waals surface area contributed by atoms with E-state index in [2.05, 4.69) is 6.92 Å². The van der Waals surface area contributed by atoms with Gasteiger partial charge in [0.1, 0.15) is 11.5 Å². The topological polar surface area (TPSA) is 40.5 Å². The molecule has 0 spiro atoms. The molecule has 2 N–H and O–H groups in total. The lowest BCUT2D eigenvalue weighted by Gasteiger charge is -2.08. The molecule has 0 aromatic heterocycles. The molecule has 0 aliphatic heterocycles. The number of unbranched alkanes of at least 4 members (excludes halogenated alkanes) is 7. The van der Waals surface area contributed by atoms with Crippen molar-refractivity contribution >= 4 is 0 Å². The van der Waals surface area contributed by atoms with Crippen molar-refractivity contribution in [2.75, 3.05) is 0 Å². The highest BCUT2D eigenvalue weighted by atomic mass is 16.3. The third-order valence-electron chi connectivity index (χ3n) is 3.79. The SMILES string of the molecule is CCCCCCCCCCc1ccc(O)c(C)c1O. The zero-order valence-electron chi connectivity index (χ0n) is 12.4. The molecule has 0 unspecified atom stereocenters. The van der Waals surface area contributed by atoms with E-state index in [4.69, 9.17) is 0 Å². The summed E-state index contributed by atoms with van der Waals surface area (Å²) in [5.74, 6) is 0.445. The molecule has 0 aliphatic rings. The minimum Gasteiger partial charge on any atom is -0.508 e. The lowest BCUT2D eigenvalue weighted by atomic mass is 10.0. The first-order chi connectivity index (χ1) is 9.16. The minimum atomic E-state index is 0.178. The maximum Gasteiger partial charge on any atom is 0.125 e. The average molecular weight is 264 g/mol. The molecule has 19 heavy (non-hydrogen) atoms. The monoisotopic (exact) mass is 264 g/mol. The van der Waals surface area contributed by atoms with E-state index in [0.717, 1.165) is 18.4 Å². The molecule has 1 rings (SSSR count). The van der Waals surface area contributed by atoms with Gasteiger partial charge in [0.2, 0.25) is 0 Å². The molecular formula is C17H28O2. The lowest BCUT2D eigenvalue weighted by Crippen LogP contribution is -1.90. The van der Waals surface area contributed by atoms with Gasteiger partial charge in [0.05, 0.1) is 0 Å². The third-order valence-corrected chi connectivity index (χ3v) is 3.79. The molecule has 2 nitrogen and oxygen atoms in total. The Kier molecular flexibility index (Phi) is 7.39. The molecule has 1 aromatic rings. The van der Waals surface area contributed by atoms with Crippen LogP contribution in [0.2, 0.25) is 0 Å². The summed E-state index contributed by atoms with van der Waals surface area (Å²) < 4.78 is 0. The smallest absolute Gasteiger partial charge is 0.125 e. The number of benzene rings is 1. The maximum absolute atomic E-state index is 9.92. The summed E-state index contributed by atoms with van der Waals surface area (Å²) >= 11 is 0. The standard InChI is InChI=1S/C17H28O2/c1-3-4-5-6-7-8-9-10-11-15-12-13-16(18)14(2)17(15)19/h12-13,18-19H,3-11H2,1-2H3. The molecule has 0 fully saturated rings. The first kappa shape index (κ1) is 15.9. The summed E-state index contributed by atoms with van der Waals surface area (Å²) in [5, 5.41) is 19.4. The summed E-state index contributed by atoms with van der Waals surface area (Å²) in [5.41, 5.74) is 1.55. The van der Waals surface area contributed by atoms with Gasteiger partial charge in [-0.15, -0.1) is 0 Å². The van der Waals surface area contributed by atoms with Crippen molar-refractivity contribution in [3.05, 3.63) is 23.3 Å². The number of phenols is 2. The fourth-order valence-electron chi connectivity index (χ4n) is 2.40. The average Bonchev–Trinajstić information content (AvgIpc) is 2.41. The van der Waals surface area contributed by atoms with E-state index in [0.29, 0.717) is 5.56 Å². The van der Waals surface area contributed by atoms with Gasteiger partial charge in [-0.1, -0.05) is 57.9 Å². The van der Waals surface area contributed by atoms with Crippen LogP contribution in [-0.2, 0) is 6.42 Å². The molecule has 1 aromatic carbocycles. The summed E-state index contributed by atoms with van der Waals surface area (Å²) in [4.78, 5) is 0. The van der Waals surface area contributed by atoms with Gasteiger partial charge in [-0.05, 0) is 31.4 Å². The van der Waals surface area contributed by atoms with Crippen molar-refractivity contribution in [2.24, 2.45) is 0 Å². The number of rotatable bonds is 9. The van der Waals surface area contributed by atoms with Gasteiger partial charge in [0, 0.05) is 5.56 Å². The largest absolute Gasteiger partial charge is 0.508 e. The Morgan fingerprint density at radius 3 is 2.05 bits per heavy atom. The van der Waals surface area contributed by atoms with E-state index in [1.165, 1.54) is 44.9 Å². The van der Waals surface area contributed by atoms with Gasteiger partial charge in [-0.2, -0.15) is 0 Å². The Bertz CT molecular complexity index is 372. The normalized spacial score (nSPS) is 10.8. The maximum atomic E-state index is 9.92.